The van der Waals surface area contributed by atoms with E-state index in [0.29, 0.717) is 6.42 Å². The quantitative estimate of drug-likeness (QED) is 0.763. The first-order valence-corrected chi connectivity index (χ1v) is 5.89. The number of aliphatic hydroxyl groups is 1. The lowest BCUT2D eigenvalue weighted by atomic mass is 10.1. The van der Waals surface area contributed by atoms with Crippen LogP contribution in [0.4, 0.5) is 0 Å². The molecule has 3 rings (SSSR count). The Hall–Kier alpha value is -2.13. The predicted octanol–water partition coefficient (Wildman–Crippen LogP) is 3.10. The van der Waals surface area contributed by atoms with Crippen molar-refractivity contribution in [2.45, 2.75) is 12.5 Å². The molecule has 18 heavy (non-hydrogen) atoms. The fraction of sp³-hybridized carbons (Fsp3) is 0.133. The molecule has 1 aromatic carbocycles. The number of rotatable bonds is 3. The molecule has 0 aliphatic rings. The van der Waals surface area contributed by atoms with Crippen LogP contribution in [0.3, 0.4) is 0 Å². The third-order valence-corrected chi connectivity index (χ3v) is 2.92. The molecule has 2 aromatic heterocycles. The first-order valence-electron chi connectivity index (χ1n) is 5.89. The van der Waals surface area contributed by atoms with Gasteiger partial charge in [0.1, 0.15) is 11.3 Å². The summed E-state index contributed by atoms with van der Waals surface area (Å²) < 4.78 is 5.64. The van der Waals surface area contributed by atoms with E-state index in [1.54, 1.807) is 6.20 Å². The zero-order chi connectivity index (χ0) is 12.4. The molecule has 0 radical (unpaired) electrons. The first-order chi connectivity index (χ1) is 8.83. The van der Waals surface area contributed by atoms with Crippen molar-refractivity contribution in [2.75, 3.05) is 0 Å². The largest absolute Gasteiger partial charge is 0.459 e. The molecule has 3 aromatic rings. The maximum absolute atomic E-state index is 10.1. The van der Waals surface area contributed by atoms with Crippen molar-refractivity contribution in [1.82, 2.24) is 4.98 Å². The van der Waals surface area contributed by atoms with Crippen molar-refractivity contribution in [3.05, 3.63) is 66.1 Å². The number of aromatic nitrogens is 1. The monoisotopic (exact) mass is 239 g/mol. The van der Waals surface area contributed by atoms with E-state index in [9.17, 15) is 5.11 Å². The van der Waals surface area contributed by atoms with E-state index >= 15 is 0 Å². The van der Waals surface area contributed by atoms with Crippen LogP contribution in [0.5, 0.6) is 0 Å². The van der Waals surface area contributed by atoms with E-state index in [0.717, 1.165) is 22.4 Å². The first kappa shape index (κ1) is 11.0. The Morgan fingerprint density at radius 1 is 1.11 bits per heavy atom. The Morgan fingerprint density at radius 3 is 2.72 bits per heavy atom. The lowest BCUT2D eigenvalue weighted by molar-refractivity contribution is 0.171. The highest BCUT2D eigenvalue weighted by Crippen LogP contribution is 2.22. The highest BCUT2D eigenvalue weighted by Gasteiger charge is 2.12. The van der Waals surface area contributed by atoms with Crippen LogP contribution >= 0.6 is 0 Å². The molecule has 3 heteroatoms. The van der Waals surface area contributed by atoms with Gasteiger partial charge in [-0.1, -0.05) is 30.3 Å². The summed E-state index contributed by atoms with van der Waals surface area (Å²) in [5.41, 5.74) is 2.48. The summed E-state index contributed by atoms with van der Waals surface area (Å²) in [5.74, 6) is 0.750. The average molecular weight is 239 g/mol. The molecule has 1 atom stereocenters. The minimum absolute atomic E-state index is 0.459. The predicted molar refractivity (Wildman–Crippen MR) is 69.1 cm³/mol. The smallest absolute Gasteiger partial charge is 0.152 e. The van der Waals surface area contributed by atoms with E-state index in [4.69, 9.17) is 4.42 Å². The molecule has 2 heterocycles. The van der Waals surface area contributed by atoms with Gasteiger partial charge < -0.3 is 9.52 Å². The van der Waals surface area contributed by atoms with Gasteiger partial charge in [0.05, 0.1) is 6.10 Å². The highest BCUT2D eigenvalue weighted by atomic mass is 16.3. The van der Waals surface area contributed by atoms with Gasteiger partial charge in [-0.15, -0.1) is 0 Å². The minimum atomic E-state index is -0.549. The van der Waals surface area contributed by atoms with Crippen LogP contribution in [0, 0.1) is 0 Å². The van der Waals surface area contributed by atoms with Crippen LogP contribution in [0.1, 0.15) is 17.4 Å². The number of furan rings is 1. The SMILES string of the molecule is OC(Cc1cc2ncccc2o1)c1ccccc1. The van der Waals surface area contributed by atoms with Crippen LogP contribution in [0.2, 0.25) is 0 Å². The van der Waals surface area contributed by atoms with E-state index < -0.39 is 6.10 Å². The van der Waals surface area contributed by atoms with Gasteiger partial charge in [-0.25, -0.2) is 0 Å². The van der Waals surface area contributed by atoms with Gasteiger partial charge in [0.2, 0.25) is 0 Å². The molecule has 3 nitrogen and oxygen atoms in total. The minimum Gasteiger partial charge on any atom is -0.459 e. The number of benzene rings is 1. The second-order valence-corrected chi connectivity index (χ2v) is 4.23. The molecular weight excluding hydrogens is 226 g/mol. The fourth-order valence-corrected chi connectivity index (χ4v) is 2.00. The molecule has 0 aliphatic heterocycles. The van der Waals surface area contributed by atoms with Crippen LogP contribution < -0.4 is 0 Å². The number of hydrogen-bond acceptors (Lipinski definition) is 3. The highest BCUT2D eigenvalue weighted by molar-refractivity contribution is 5.72. The number of hydrogen-bond donors (Lipinski definition) is 1. The molecule has 0 bridgehead atoms. The summed E-state index contributed by atoms with van der Waals surface area (Å²) in [5, 5.41) is 10.1. The fourth-order valence-electron chi connectivity index (χ4n) is 2.00. The second-order valence-electron chi connectivity index (χ2n) is 4.23. The Bertz CT molecular complexity index is 613. The Morgan fingerprint density at radius 2 is 1.94 bits per heavy atom. The van der Waals surface area contributed by atoms with Crippen LogP contribution in [-0.4, -0.2) is 10.1 Å². The molecule has 0 aliphatic carbocycles. The Balaban J connectivity index is 1.84. The Kier molecular flexibility index (Phi) is 2.82. The standard InChI is InChI=1S/C15H13NO2/c17-14(11-5-2-1-3-6-11)10-12-9-13-15(18-12)7-4-8-16-13/h1-9,14,17H,10H2. The van der Waals surface area contributed by atoms with Crippen LogP contribution in [0.15, 0.2) is 59.1 Å². The average Bonchev–Trinajstić information content (AvgIpc) is 2.82. The number of nitrogens with zero attached hydrogens (tertiary/aromatic N) is 1. The Labute approximate surface area is 105 Å². The summed E-state index contributed by atoms with van der Waals surface area (Å²) in [7, 11) is 0. The molecule has 0 fully saturated rings. The van der Waals surface area contributed by atoms with Crippen molar-refractivity contribution in [3.63, 3.8) is 0 Å². The lowest BCUT2D eigenvalue weighted by Gasteiger charge is -2.08. The van der Waals surface area contributed by atoms with Gasteiger partial charge in [0.25, 0.3) is 0 Å². The van der Waals surface area contributed by atoms with Gasteiger partial charge in [-0.2, -0.15) is 0 Å². The molecule has 1 unspecified atom stereocenters. The number of aliphatic hydroxyl groups excluding tert-OH is 1. The molecule has 0 saturated carbocycles. The van der Waals surface area contributed by atoms with Crippen molar-refractivity contribution in [3.8, 4) is 0 Å². The maximum atomic E-state index is 10.1. The molecule has 1 N–H and O–H groups in total. The van der Waals surface area contributed by atoms with Crippen molar-refractivity contribution >= 4 is 11.1 Å². The van der Waals surface area contributed by atoms with Crippen molar-refractivity contribution < 1.29 is 9.52 Å². The van der Waals surface area contributed by atoms with Gasteiger partial charge in [-0.3, -0.25) is 4.98 Å². The number of fused-ring (bicyclic) bond motifs is 1. The molecular formula is C15H13NO2. The summed E-state index contributed by atoms with van der Waals surface area (Å²) >= 11 is 0. The van der Waals surface area contributed by atoms with Gasteiger partial charge in [-0.05, 0) is 17.7 Å². The zero-order valence-corrected chi connectivity index (χ0v) is 9.78. The summed E-state index contributed by atoms with van der Waals surface area (Å²) in [4.78, 5) is 4.21. The summed E-state index contributed by atoms with van der Waals surface area (Å²) in [6.07, 6.45) is 1.64. The lowest BCUT2D eigenvalue weighted by Crippen LogP contribution is -2.00. The van der Waals surface area contributed by atoms with Gasteiger partial charge in [0, 0.05) is 18.7 Å². The molecule has 0 spiro atoms. The molecule has 0 amide bonds. The van der Waals surface area contributed by atoms with Crippen molar-refractivity contribution in [1.29, 1.82) is 0 Å². The third-order valence-electron chi connectivity index (χ3n) is 2.92. The maximum Gasteiger partial charge on any atom is 0.152 e. The van der Waals surface area contributed by atoms with E-state index in [1.807, 2.05) is 48.5 Å². The molecule has 90 valence electrons. The summed E-state index contributed by atoms with van der Waals surface area (Å²) in [6.45, 7) is 0. The topological polar surface area (TPSA) is 46.3 Å². The van der Waals surface area contributed by atoms with Crippen molar-refractivity contribution in [2.24, 2.45) is 0 Å². The second kappa shape index (κ2) is 4.63. The van der Waals surface area contributed by atoms with E-state index in [-0.39, 0.29) is 0 Å². The normalized spacial score (nSPS) is 12.7. The van der Waals surface area contributed by atoms with Crippen LogP contribution in [0.25, 0.3) is 11.1 Å². The zero-order valence-electron chi connectivity index (χ0n) is 9.78. The summed E-state index contributed by atoms with van der Waals surface area (Å²) in [6, 6.07) is 15.2. The third kappa shape index (κ3) is 2.13. The van der Waals surface area contributed by atoms with E-state index in [1.165, 1.54) is 0 Å². The van der Waals surface area contributed by atoms with Crippen LogP contribution in [-0.2, 0) is 6.42 Å². The van der Waals surface area contributed by atoms with Gasteiger partial charge >= 0.3 is 0 Å². The van der Waals surface area contributed by atoms with Gasteiger partial charge in [0.15, 0.2) is 5.58 Å². The van der Waals surface area contributed by atoms with E-state index in [2.05, 4.69) is 4.98 Å². The molecule has 0 saturated heterocycles. The number of pyridine rings is 1.